The van der Waals surface area contributed by atoms with E-state index < -0.39 is 0 Å². The fourth-order valence-electron chi connectivity index (χ4n) is 5.29. The van der Waals surface area contributed by atoms with Crippen molar-refractivity contribution in [2.24, 2.45) is 23.2 Å². The Hall–Kier alpha value is -1.29. The first-order valence-corrected chi connectivity index (χ1v) is 9.61. The highest BCUT2D eigenvalue weighted by Gasteiger charge is 2.56. The van der Waals surface area contributed by atoms with Gasteiger partial charge in [0.25, 0.3) is 0 Å². The third kappa shape index (κ3) is 2.69. The van der Waals surface area contributed by atoms with Gasteiger partial charge in [-0.15, -0.1) is 0 Å². The lowest BCUT2D eigenvalue weighted by molar-refractivity contribution is -0.105. The minimum atomic E-state index is 0.548. The van der Waals surface area contributed by atoms with Gasteiger partial charge in [0.05, 0.1) is 0 Å². The van der Waals surface area contributed by atoms with Crippen molar-refractivity contribution in [2.75, 3.05) is 43.4 Å². The number of likely N-dealkylation sites (N-methyl/N-ethyl adjacent to an activating group) is 1. The molecule has 4 nitrogen and oxygen atoms in total. The SMILES string of the molecule is CC1C(Nc2cc(N3CCN(C)CC3)ccn2)C[C@H]2C[C@@H]1C2(C)C. The van der Waals surface area contributed by atoms with E-state index in [1.807, 2.05) is 6.20 Å². The van der Waals surface area contributed by atoms with E-state index >= 15 is 0 Å². The zero-order valence-corrected chi connectivity index (χ0v) is 15.6. The molecule has 0 amide bonds. The normalized spacial score (nSPS) is 35.4. The van der Waals surface area contributed by atoms with Gasteiger partial charge in [-0.25, -0.2) is 4.98 Å². The Morgan fingerprint density at radius 2 is 1.92 bits per heavy atom. The lowest BCUT2D eigenvalue weighted by atomic mass is 9.45. The van der Waals surface area contributed by atoms with Gasteiger partial charge in [0.15, 0.2) is 0 Å². The molecule has 0 radical (unpaired) electrons. The summed E-state index contributed by atoms with van der Waals surface area (Å²) in [4.78, 5) is 9.49. The summed E-state index contributed by atoms with van der Waals surface area (Å²) in [5, 5.41) is 3.77. The molecule has 4 fully saturated rings. The van der Waals surface area contributed by atoms with E-state index in [0.29, 0.717) is 11.5 Å². The maximum atomic E-state index is 4.61. The van der Waals surface area contributed by atoms with Crippen LogP contribution in [0.25, 0.3) is 0 Å². The third-order valence-electron chi connectivity index (χ3n) is 7.30. The fourth-order valence-corrected chi connectivity index (χ4v) is 5.29. The summed E-state index contributed by atoms with van der Waals surface area (Å²) in [5.74, 6) is 3.55. The first-order chi connectivity index (χ1) is 11.4. The van der Waals surface area contributed by atoms with E-state index in [4.69, 9.17) is 0 Å². The maximum absolute atomic E-state index is 4.61. The number of fused-ring (bicyclic) bond motifs is 2. The number of pyridine rings is 1. The van der Waals surface area contributed by atoms with Crippen LogP contribution in [0.3, 0.4) is 0 Å². The predicted octanol–water partition coefficient (Wildman–Crippen LogP) is 3.32. The Balaban J connectivity index is 1.43. The average Bonchev–Trinajstić information content (AvgIpc) is 2.57. The van der Waals surface area contributed by atoms with Gasteiger partial charge in [-0.05, 0) is 49.1 Å². The van der Waals surface area contributed by atoms with Gasteiger partial charge in [-0.3, -0.25) is 0 Å². The van der Waals surface area contributed by atoms with Crippen molar-refractivity contribution in [1.29, 1.82) is 0 Å². The average molecular weight is 329 g/mol. The summed E-state index contributed by atoms with van der Waals surface area (Å²) >= 11 is 0. The van der Waals surface area contributed by atoms with E-state index in [2.05, 4.69) is 60.1 Å². The van der Waals surface area contributed by atoms with Gasteiger partial charge in [0.2, 0.25) is 0 Å². The summed E-state index contributed by atoms with van der Waals surface area (Å²) in [5.41, 5.74) is 1.86. The summed E-state index contributed by atoms with van der Waals surface area (Å²) < 4.78 is 0. The van der Waals surface area contributed by atoms with E-state index in [9.17, 15) is 0 Å². The number of hydrogen-bond donors (Lipinski definition) is 1. The molecule has 1 N–H and O–H groups in total. The van der Waals surface area contributed by atoms with E-state index in [0.717, 1.165) is 49.8 Å². The zero-order valence-electron chi connectivity index (χ0n) is 15.6. The van der Waals surface area contributed by atoms with Crippen molar-refractivity contribution in [1.82, 2.24) is 9.88 Å². The Morgan fingerprint density at radius 1 is 1.17 bits per heavy atom. The van der Waals surface area contributed by atoms with E-state index in [1.165, 1.54) is 18.5 Å². The summed E-state index contributed by atoms with van der Waals surface area (Å²) in [6, 6.07) is 4.99. The molecule has 0 spiro atoms. The van der Waals surface area contributed by atoms with Crippen molar-refractivity contribution in [2.45, 2.75) is 39.7 Å². The van der Waals surface area contributed by atoms with Crippen LogP contribution in [0.4, 0.5) is 11.5 Å². The fraction of sp³-hybridized carbons (Fsp3) is 0.750. The third-order valence-corrected chi connectivity index (χ3v) is 7.30. The predicted molar refractivity (Wildman–Crippen MR) is 101 cm³/mol. The molecule has 5 rings (SSSR count). The largest absolute Gasteiger partial charge is 0.369 e. The van der Waals surface area contributed by atoms with Gasteiger partial charge in [-0.1, -0.05) is 20.8 Å². The van der Waals surface area contributed by atoms with Gasteiger partial charge in [0, 0.05) is 50.2 Å². The van der Waals surface area contributed by atoms with Crippen LogP contribution in [-0.2, 0) is 0 Å². The van der Waals surface area contributed by atoms with Crippen LogP contribution in [0.5, 0.6) is 0 Å². The molecule has 24 heavy (non-hydrogen) atoms. The number of nitrogens with zero attached hydrogens (tertiary/aromatic N) is 3. The van der Waals surface area contributed by atoms with Crippen LogP contribution in [-0.4, -0.2) is 49.2 Å². The molecule has 132 valence electrons. The van der Waals surface area contributed by atoms with Gasteiger partial charge >= 0.3 is 0 Å². The number of aromatic nitrogens is 1. The van der Waals surface area contributed by atoms with Crippen molar-refractivity contribution in [3.05, 3.63) is 18.3 Å². The zero-order chi connectivity index (χ0) is 16.9. The highest BCUT2D eigenvalue weighted by Crippen LogP contribution is 2.61. The summed E-state index contributed by atoms with van der Waals surface area (Å²) in [7, 11) is 2.20. The monoisotopic (exact) mass is 328 g/mol. The first kappa shape index (κ1) is 16.2. The molecule has 4 aliphatic rings. The minimum absolute atomic E-state index is 0.548. The molecule has 2 bridgehead atoms. The standard InChI is InChI=1S/C20H32N4/c1-14-17-11-15(20(17,2)3)12-18(14)22-19-13-16(5-6-21-19)24-9-7-23(4)8-10-24/h5-6,13-15,17-18H,7-12H2,1-4H3,(H,21,22)/t14?,15-,17+,18?/m1/s1. The second-order valence-electron chi connectivity index (χ2n) is 8.90. The topological polar surface area (TPSA) is 31.4 Å². The first-order valence-electron chi connectivity index (χ1n) is 9.61. The van der Waals surface area contributed by atoms with E-state index in [1.54, 1.807) is 0 Å². The molecule has 1 aromatic heterocycles. The van der Waals surface area contributed by atoms with Gasteiger partial charge in [0.1, 0.15) is 5.82 Å². The van der Waals surface area contributed by atoms with Gasteiger partial charge in [-0.2, -0.15) is 0 Å². The van der Waals surface area contributed by atoms with Gasteiger partial charge < -0.3 is 15.1 Å². The van der Waals surface area contributed by atoms with Crippen molar-refractivity contribution < 1.29 is 0 Å². The molecule has 1 aliphatic heterocycles. The highest BCUT2D eigenvalue weighted by atomic mass is 15.2. The maximum Gasteiger partial charge on any atom is 0.128 e. The Labute approximate surface area is 146 Å². The molecular formula is C20H32N4. The number of nitrogens with one attached hydrogen (secondary N) is 1. The molecule has 0 aromatic carbocycles. The summed E-state index contributed by atoms with van der Waals surface area (Å²) in [6.45, 7) is 11.9. The molecule has 3 aliphatic carbocycles. The quantitative estimate of drug-likeness (QED) is 0.922. The van der Waals surface area contributed by atoms with Crippen LogP contribution in [0, 0.1) is 23.2 Å². The lowest BCUT2D eigenvalue weighted by Gasteiger charge is -2.62. The molecule has 4 heteroatoms. The molecule has 4 atom stereocenters. The van der Waals surface area contributed by atoms with Crippen LogP contribution >= 0.6 is 0 Å². The smallest absolute Gasteiger partial charge is 0.128 e. The Bertz CT molecular complexity index is 591. The van der Waals surface area contributed by atoms with Crippen LogP contribution in [0.15, 0.2) is 18.3 Å². The molecule has 1 saturated heterocycles. The van der Waals surface area contributed by atoms with Crippen LogP contribution < -0.4 is 10.2 Å². The Kier molecular flexibility index (Phi) is 3.98. The molecule has 2 heterocycles. The van der Waals surface area contributed by atoms with Crippen molar-refractivity contribution in [3.63, 3.8) is 0 Å². The minimum Gasteiger partial charge on any atom is -0.369 e. The second-order valence-corrected chi connectivity index (χ2v) is 8.90. The highest BCUT2D eigenvalue weighted by molar-refractivity contribution is 5.54. The van der Waals surface area contributed by atoms with Crippen molar-refractivity contribution in [3.8, 4) is 0 Å². The van der Waals surface area contributed by atoms with E-state index in [-0.39, 0.29) is 0 Å². The molecular weight excluding hydrogens is 296 g/mol. The molecule has 1 aromatic rings. The number of rotatable bonds is 3. The number of hydrogen-bond acceptors (Lipinski definition) is 4. The second kappa shape index (κ2) is 5.91. The van der Waals surface area contributed by atoms with Crippen LogP contribution in [0.2, 0.25) is 0 Å². The Morgan fingerprint density at radius 3 is 2.58 bits per heavy atom. The molecule has 3 saturated carbocycles. The number of piperazine rings is 1. The van der Waals surface area contributed by atoms with Crippen molar-refractivity contribution >= 4 is 11.5 Å². The lowest BCUT2D eigenvalue weighted by Crippen LogP contribution is -2.58. The summed E-state index contributed by atoms with van der Waals surface area (Å²) in [6.07, 6.45) is 4.69. The number of anilines is 2. The molecule has 2 unspecified atom stereocenters. The van der Waals surface area contributed by atoms with Crippen LogP contribution in [0.1, 0.15) is 33.6 Å².